The number of nitrogens with zero attached hydrogens (tertiary/aromatic N) is 2. The van der Waals surface area contributed by atoms with E-state index in [1.54, 1.807) is 0 Å². The van der Waals surface area contributed by atoms with Crippen LogP contribution < -0.4 is 4.90 Å². The number of rotatable bonds is 2. The average Bonchev–Trinajstić information content (AvgIpc) is 2.61. The van der Waals surface area contributed by atoms with Gasteiger partial charge in [0, 0.05) is 29.9 Å². The lowest BCUT2D eigenvalue weighted by molar-refractivity contribution is 0.381. The van der Waals surface area contributed by atoms with E-state index in [2.05, 4.69) is 69.5 Å². The quantitative estimate of drug-likeness (QED) is 0.715. The lowest BCUT2D eigenvalue weighted by atomic mass is 9.91. The fourth-order valence-corrected chi connectivity index (χ4v) is 3.19. The molecule has 0 bridgehead atoms. The maximum absolute atomic E-state index is 4.71. The Hall–Kier alpha value is -2.09. The minimum absolute atomic E-state index is 0.289. The van der Waals surface area contributed by atoms with E-state index in [-0.39, 0.29) is 5.41 Å². The zero-order valence-corrected chi connectivity index (χ0v) is 14.6. The third-order valence-electron chi connectivity index (χ3n) is 4.69. The molecule has 0 fully saturated rings. The molecule has 2 heterocycles. The normalized spacial score (nSPS) is 17.5. The van der Waals surface area contributed by atoms with Gasteiger partial charge in [0.2, 0.25) is 0 Å². The number of pyridine rings is 1. The molecule has 120 valence electrons. The van der Waals surface area contributed by atoms with Gasteiger partial charge < -0.3 is 4.90 Å². The predicted molar refractivity (Wildman–Crippen MR) is 98.6 cm³/mol. The molecule has 1 atom stereocenters. The number of fused-ring (bicyclic) bond motifs is 3. The number of hydrogen-bond acceptors (Lipinski definition) is 2. The molecule has 1 aliphatic heterocycles. The molecule has 1 unspecified atom stereocenters. The Morgan fingerprint density at radius 2 is 1.78 bits per heavy atom. The van der Waals surface area contributed by atoms with E-state index in [1.165, 1.54) is 16.7 Å². The van der Waals surface area contributed by atoms with E-state index in [9.17, 15) is 0 Å². The van der Waals surface area contributed by atoms with Crippen LogP contribution in [-0.4, -0.2) is 11.5 Å². The van der Waals surface area contributed by atoms with Crippen LogP contribution in [0.25, 0.3) is 11.1 Å². The van der Waals surface area contributed by atoms with Crippen LogP contribution in [0.1, 0.15) is 45.6 Å². The number of hydrogen-bond donors (Lipinski definition) is 0. The van der Waals surface area contributed by atoms with Gasteiger partial charge in [-0.3, -0.25) is 0 Å². The molecule has 3 rings (SSSR count). The van der Waals surface area contributed by atoms with Crippen LogP contribution in [0.2, 0.25) is 0 Å². The maximum Gasteiger partial charge on any atom is 0.140 e. The molecule has 1 aromatic carbocycles. The predicted octanol–water partition coefficient (Wildman–Crippen LogP) is 5.62. The Balaban J connectivity index is 2.12. The van der Waals surface area contributed by atoms with Crippen LogP contribution in [-0.2, 0) is 0 Å². The van der Waals surface area contributed by atoms with E-state index >= 15 is 0 Å². The third kappa shape index (κ3) is 3.03. The molecule has 2 aromatic rings. The summed E-state index contributed by atoms with van der Waals surface area (Å²) in [5.74, 6) is 1.33. The summed E-state index contributed by atoms with van der Waals surface area (Å²) in [6, 6.07) is 12.8. The Bertz CT molecular complexity index is 725. The van der Waals surface area contributed by atoms with Crippen LogP contribution >= 0.6 is 0 Å². The largest absolute Gasteiger partial charge is 0.330 e. The van der Waals surface area contributed by atoms with Gasteiger partial charge in [-0.2, -0.15) is 0 Å². The molecule has 2 heteroatoms. The lowest BCUT2D eigenvalue weighted by Gasteiger charge is -2.31. The number of allylic oxidation sites excluding steroid dienone is 1. The van der Waals surface area contributed by atoms with Gasteiger partial charge in [-0.15, -0.1) is 0 Å². The number of aromatic nitrogens is 1. The Labute approximate surface area is 139 Å². The minimum Gasteiger partial charge on any atom is -0.330 e. The molecule has 0 amide bonds. The second kappa shape index (κ2) is 5.84. The highest BCUT2D eigenvalue weighted by molar-refractivity contribution is 5.82. The Morgan fingerprint density at radius 1 is 1.09 bits per heavy atom. The minimum atomic E-state index is 0.289. The van der Waals surface area contributed by atoms with Crippen molar-refractivity contribution in [2.24, 2.45) is 5.41 Å². The van der Waals surface area contributed by atoms with E-state index in [4.69, 9.17) is 4.98 Å². The summed E-state index contributed by atoms with van der Waals surface area (Å²) in [6.07, 6.45) is 2.99. The number of benzene rings is 1. The lowest BCUT2D eigenvalue weighted by Crippen LogP contribution is -2.28. The SMILES string of the molecule is C=C1C(C)c2ccccc2-c2cccnc2N1CCC(C)(C)C. The van der Waals surface area contributed by atoms with Gasteiger partial charge in [-0.25, -0.2) is 4.98 Å². The van der Waals surface area contributed by atoms with E-state index < -0.39 is 0 Å². The summed E-state index contributed by atoms with van der Waals surface area (Å²) >= 11 is 0. The summed E-state index contributed by atoms with van der Waals surface area (Å²) in [6.45, 7) is 14.5. The van der Waals surface area contributed by atoms with Crippen molar-refractivity contribution in [3.05, 3.63) is 60.4 Å². The van der Waals surface area contributed by atoms with Crippen molar-refractivity contribution in [2.75, 3.05) is 11.4 Å². The molecule has 23 heavy (non-hydrogen) atoms. The van der Waals surface area contributed by atoms with Crippen LogP contribution in [0.4, 0.5) is 5.82 Å². The highest BCUT2D eigenvalue weighted by Crippen LogP contribution is 2.43. The molecule has 1 aliphatic rings. The van der Waals surface area contributed by atoms with Gasteiger partial charge in [0.05, 0.1) is 0 Å². The van der Waals surface area contributed by atoms with Crippen molar-refractivity contribution in [3.8, 4) is 11.1 Å². The first-order chi connectivity index (χ1) is 10.9. The first-order valence-corrected chi connectivity index (χ1v) is 8.39. The average molecular weight is 306 g/mol. The van der Waals surface area contributed by atoms with E-state index in [0.29, 0.717) is 5.92 Å². The molecule has 0 spiro atoms. The van der Waals surface area contributed by atoms with E-state index in [0.717, 1.165) is 24.5 Å². The molecule has 0 radical (unpaired) electrons. The molecule has 0 N–H and O–H groups in total. The van der Waals surface area contributed by atoms with Crippen LogP contribution in [0.15, 0.2) is 54.9 Å². The zero-order valence-electron chi connectivity index (χ0n) is 14.6. The van der Waals surface area contributed by atoms with Gasteiger partial charge in [0.1, 0.15) is 5.82 Å². The van der Waals surface area contributed by atoms with Gasteiger partial charge in [0.25, 0.3) is 0 Å². The van der Waals surface area contributed by atoms with Crippen LogP contribution in [0.3, 0.4) is 0 Å². The molecule has 0 saturated heterocycles. The van der Waals surface area contributed by atoms with Gasteiger partial charge >= 0.3 is 0 Å². The molecule has 0 aliphatic carbocycles. The summed E-state index contributed by atoms with van der Waals surface area (Å²) in [5.41, 5.74) is 5.26. The molecule has 1 aromatic heterocycles. The van der Waals surface area contributed by atoms with Crippen molar-refractivity contribution < 1.29 is 0 Å². The smallest absolute Gasteiger partial charge is 0.140 e. The number of anilines is 1. The first kappa shape index (κ1) is 15.8. The standard InChI is InChI=1S/C21H26N2/c1-15-16(2)23(14-12-21(3,4)5)20-19(11-8-13-22-20)18-10-7-6-9-17(15)18/h6-11,13,15H,2,12,14H2,1,3-5H3. The Kier molecular flexibility index (Phi) is 4.01. The second-order valence-electron chi connectivity index (χ2n) is 7.64. The fourth-order valence-electron chi connectivity index (χ4n) is 3.19. The van der Waals surface area contributed by atoms with Crippen LogP contribution in [0.5, 0.6) is 0 Å². The summed E-state index contributed by atoms with van der Waals surface area (Å²) in [4.78, 5) is 7.03. The zero-order chi connectivity index (χ0) is 16.6. The van der Waals surface area contributed by atoms with Gasteiger partial charge in [0.15, 0.2) is 0 Å². The molecule has 2 nitrogen and oxygen atoms in total. The van der Waals surface area contributed by atoms with Crippen LogP contribution in [0, 0.1) is 5.41 Å². The summed E-state index contributed by atoms with van der Waals surface area (Å²) < 4.78 is 0. The van der Waals surface area contributed by atoms with Crippen molar-refractivity contribution in [1.82, 2.24) is 4.98 Å². The Morgan fingerprint density at radius 3 is 2.52 bits per heavy atom. The second-order valence-corrected chi connectivity index (χ2v) is 7.64. The van der Waals surface area contributed by atoms with Crippen molar-refractivity contribution in [1.29, 1.82) is 0 Å². The van der Waals surface area contributed by atoms with E-state index in [1.807, 2.05) is 12.3 Å². The fraction of sp³-hybridized carbons (Fsp3) is 0.381. The van der Waals surface area contributed by atoms with Gasteiger partial charge in [-0.1, -0.05) is 58.5 Å². The first-order valence-electron chi connectivity index (χ1n) is 8.39. The molecule has 0 saturated carbocycles. The monoisotopic (exact) mass is 306 g/mol. The van der Waals surface area contributed by atoms with Crippen molar-refractivity contribution >= 4 is 5.82 Å². The maximum atomic E-state index is 4.71. The summed E-state index contributed by atoms with van der Waals surface area (Å²) in [5, 5.41) is 0. The van der Waals surface area contributed by atoms with Crippen molar-refractivity contribution in [3.63, 3.8) is 0 Å². The third-order valence-corrected chi connectivity index (χ3v) is 4.69. The topological polar surface area (TPSA) is 16.1 Å². The highest BCUT2D eigenvalue weighted by atomic mass is 15.2. The molecular formula is C21H26N2. The summed E-state index contributed by atoms with van der Waals surface area (Å²) in [7, 11) is 0. The van der Waals surface area contributed by atoms with Gasteiger partial charge in [-0.05, 0) is 35.1 Å². The van der Waals surface area contributed by atoms with Crippen molar-refractivity contribution in [2.45, 2.75) is 40.0 Å². The molecular weight excluding hydrogens is 280 g/mol. The highest BCUT2D eigenvalue weighted by Gasteiger charge is 2.28.